The Bertz CT molecular complexity index is 1050. The Morgan fingerprint density at radius 1 is 0.824 bits per heavy atom. The van der Waals surface area contributed by atoms with Crippen molar-refractivity contribution in [3.63, 3.8) is 0 Å². The molecule has 6 heteroatoms. The molecule has 5 nitrogen and oxygen atoms in total. The van der Waals surface area contributed by atoms with E-state index < -0.39 is 8.32 Å². The number of benzene rings is 3. The second-order valence-corrected chi connectivity index (χ2v) is 14.8. The number of anilines is 1. The minimum Gasteiger partial charge on any atom is -0.457 e. The van der Waals surface area contributed by atoms with Crippen LogP contribution in [0.25, 0.3) is 0 Å². The summed E-state index contributed by atoms with van der Waals surface area (Å²) in [6.45, 7) is 13.1. The molecule has 0 aliphatic heterocycles. The molecule has 0 heterocycles. The van der Waals surface area contributed by atoms with Crippen LogP contribution in [-0.2, 0) is 4.43 Å². The molecule has 3 aromatic rings. The number of hydrogen-bond donors (Lipinski definition) is 2. The van der Waals surface area contributed by atoms with Gasteiger partial charge in [0.05, 0.1) is 12.1 Å². The molecule has 2 amide bonds. The Labute approximate surface area is 204 Å². The van der Waals surface area contributed by atoms with E-state index in [1.807, 2.05) is 79.7 Å². The highest BCUT2D eigenvalue weighted by molar-refractivity contribution is 6.74. The fourth-order valence-electron chi connectivity index (χ4n) is 3.28. The first-order valence-electron chi connectivity index (χ1n) is 11.7. The Morgan fingerprint density at radius 2 is 1.35 bits per heavy atom. The van der Waals surface area contributed by atoms with Crippen LogP contribution in [0.2, 0.25) is 18.1 Å². The van der Waals surface area contributed by atoms with Crippen LogP contribution < -0.4 is 15.4 Å². The topological polar surface area (TPSA) is 59.6 Å². The standard InChI is InChI=1S/C28H36N2O3Si/c1-21(26(22-13-9-7-10-14-22)33-34(5,6)28(2,3)4)29-27(31)30-23-17-19-25(20-18-23)32-24-15-11-8-12-16-24/h7-21,26H,1-6H3,(H2,29,30,31)/t21-,26-/m1/s1. The molecule has 0 bridgehead atoms. The predicted molar refractivity (Wildman–Crippen MR) is 142 cm³/mol. The summed E-state index contributed by atoms with van der Waals surface area (Å²) in [7, 11) is -2.06. The van der Waals surface area contributed by atoms with Crippen molar-refractivity contribution in [2.24, 2.45) is 0 Å². The summed E-state index contributed by atoms with van der Waals surface area (Å²) < 4.78 is 12.6. The molecule has 0 saturated heterocycles. The molecule has 2 atom stereocenters. The maximum Gasteiger partial charge on any atom is 0.319 e. The van der Waals surface area contributed by atoms with Crippen LogP contribution in [0.15, 0.2) is 84.9 Å². The lowest BCUT2D eigenvalue weighted by atomic mass is 10.0. The van der Waals surface area contributed by atoms with Crippen LogP contribution in [0, 0.1) is 0 Å². The molecule has 0 aliphatic rings. The number of hydrogen-bond acceptors (Lipinski definition) is 3. The molecule has 0 radical (unpaired) electrons. The third kappa shape index (κ3) is 6.95. The number of carbonyl (C=O) groups excluding carboxylic acids is 1. The van der Waals surface area contributed by atoms with Crippen molar-refractivity contribution in [2.75, 3.05) is 5.32 Å². The van der Waals surface area contributed by atoms with Crippen molar-refractivity contribution >= 4 is 20.0 Å². The first kappa shape index (κ1) is 25.5. The Kier molecular flexibility index (Phi) is 8.18. The van der Waals surface area contributed by atoms with Crippen LogP contribution in [-0.4, -0.2) is 20.4 Å². The zero-order chi connectivity index (χ0) is 24.8. The summed E-state index contributed by atoms with van der Waals surface area (Å²) in [5, 5.41) is 6.05. The smallest absolute Gasteiger partial charge is 0.319 e. The zero-order valence-electron chi connectivity index (χ0n) is 21.0. The number of urea groups is 1. The molecule has 180 valence electrons. The molecular weight excluding hydrogens is 440 g/mol. The summed E-state index contributed by atoms with van der Waals surface area (Å²) in [4.78, 5) is 12.8. The van der Waals surface area contributed by atoms with Gasteiger partial charge in [0.15, 0.2) is 8.32 Å². The molecule has 0 unspecified atom stereocenters. The number of carbonyl (C=O) groups is 1. The minimum atomic E-state index is -2.06. The monoisotopic (exact) mass is 476 g/mol. The summed E-state index contributed by atoms with van der Waals surface area (Å²) in [5.74, 6) is 1.47. The lowest BCUT2D eigenvalue weighted by Gasteiger charge is -2.41. The van der Waals surface area contributed by atoms with E-state index >= 15 is 0 Å². The maximum atomic E-state index is 12.8. The largest absolute Gasteiger partial charge is 0.457 e. The SMILES string of the molecule is C[C@@H](NC(=O)Nc1ccc(Oc2ccccc2)cc1)[C@@H](O[Si](C)(C)C(C)(C)C)c1ccccc1. The molecule has 3 rings (SSSR count). The van der Waals surface area contributed by atoms with Gasteiger partial charge in [0.1, 0.15) is 11.5 Å². The van der Waals surface area contributed by atoms with Crippen molar-refractivity contribution < 1.29 is 14.0 Å². The van der Waals surface area contributed by atoms with E-state index in [0.29, 0.717) is 11.4 Å². The van der Waals surface area contributed by atoms with E-state index in [1.165, 1.54) is 0 Å². The Morgan fingerprint density at radius 3 is 1.91 bits per heavy atom. The number of nitrogens with one attached hydrogen (secondary N) is 2. The Hall–Kier alpha value is -3.09. The second-order valence-electron chi connectivity index (χ2n) is 10.0. The van der Waals surface area contributed by atoms with E-state index in [1.54, 1.807) is 0 Å². The van der Waals surface area contributed by atoms with Crippen molar-refractivity contribution in [3.8, 4) is 11.5 Å². The molecule has 0 aromatic heterocycles. The normalized spacial score (nSPS) is 13.6. The van der Waals surface area contributed by atoms with Crippen LogP contribution >= 0.6 is 0 Å². The second kappa shape index (κ2) is 10.9. The first-order chi connectivity index (χ1) is 16.0. The first-order valence-corrected chi connectivity index (χ1v) is 14.6. The van der Waals surface area contributed by atoms with Gasteiger partial charge in [0.25, 0.3) is 0 Å². The average molecular weight is 477 g/mol. The lowest BCUT2D eigenvalue weighted by Crippen LogP contribution is -2.47. The van der Waals surface area contributed by atoms with E-state index in [9.17, 15) is 4.79 Å². The molecular formula is C28H36N2O3Si. The molecule has 0 spiro atoms. The fraction of sp³-hybridized carbons (Fsp3) is 0.321. The fourth-order valence-corrected chi connectivity index (χ4v) is 4.60. The third-order valence-corrected chi connectivity index (χ3v) is 10.7. The summed E-state index contributed by atoms with van der Waals surface area (Å²) in [6.07, 6.45) is -0.241. The highest BCUT2D eigenvalue weighted by Crippen LogP contribution is 2.40. The van der Waals surface area contributed by atoms with Gasteiger partial charge in [-0.15, -0.1) is 0 Å². The lowest BCUT2D eigenvalue weighted by molar-refractivity contribution is 0.146. The van der Waals surface area contributed by atoms with Crippen LogP contribution in [0.1, 0.15) is 39.4 Å². The number of amides is 2. The molecule has 34 heavy (non-hydrogen) atoms. The van der Waals surface area contributed by atoms with Gasteiger partial charge in [-0.1, -0.05) is 69.3 Å². The Balaban J connectivity index is 1.65. The van der Waals surface area contributed by atoms with Crippen LogP contribution in [0.3, 0.4) is 0 Å². The van der Waals surface area contributed by atoms with E-state index in [0.717, 1.165) is 11.3 Å². The average Bonchev–Trinajstić information content (AvgIpc) is 2.79. The van der Waals surface area contributed by atoms with Gasteiger partial charge in [-0.25, -0.2) is 4.79 Å². The van der Waals surface area contributed by atoms with Crippen LogP contribution in [0.5, 0.6) is 11.5 Å². The van der Waals surface area contributed by atoms with Crippen molar-refractivity contribution in [1.82, 2.24) is 5.32 Å². The van der Waals surface area contributed by atoms with E-state index in [4.69, 9.17) is 9.16 Å². The van der Waals surface area contributed by atoms with Crippen molar-refractivity contribution in [2.45, 2.75) is 58.0 Å². The van der Waals surface area contributed by atoms with E-state index in [2.05, 4.69) is 56.6 Å². The minimum absolute atomic E-state index is 0.0611. The highest BCUT2D eigenvalue weighted by Gasteiger charge is 2.40. The predicted octanol–water partition coefficient (Wildman–Crippen LogP) is 7.75. The van der Waals surface area contributed by atoms with Gasteiger partial charge < -0.3 is 19.8 Å². The van der Waals surface area contributed by atoms with Crippen molar-refractivity contribution in [1.29, 1.82) is 0 Å². The third-order valence-electron chi connectivity index (χ3n) is 6.26. The van der Waals surface area contributed by atoms with Gasteiger partial charge in [0.2, 0.25) is 0 Å². The molecule has 2 N–H and O–H groups in total. The van der Waals surface area contributed by atoms with Crippen molar-refractivity contribution in [3.05, 3.63) is 90.5 Å². The number of para-hydroxylation sites is 1. The summed E-state index contributed by atoms with van der Waals surface area (Å²) >= 11 is 0. The van der Waals surface area contributed by atoms with Gasteiger partial charge in [-0.05, 0) is 67.0 Å². The van der Waals surface area contributed by atoms with Gasteiger partial charge in [-0.2, -0.15) is 0 Å². The molecule has 0 saturated carbocycles. The maximum absolute atomic E-state index is 12.8. The summed E-state index contributed by atoms with van der Waals surface area (Å²) in [6, 6.07) is 26.5. The highest BCUT2D eigenvalue weighted by atomic mass is 28.4. The zero-order valence-corrected chi connectivity index (χ0v) is 22.0. The van der Waals surface area contributed by atoms with Crippen LogP contribution in [0.4, 0.5) is 10.5 Å². The number of rotatable bonds is 8. The van der Waals surface area contributed by atoms with Gasteiger partial charge in [0, 0.05) is 5.69 Å². The quantitative estimate of drug-likeness (QED) is 0.327. The van der Waals surface area contributed by atoms with Gasteiger partial charge in [-0.3, -0.25) is 0 Å². The number of ether oxygens (including phenoxy) is 1. The molecule has 3 aromatic carbocycles. The van der Waals surface area contributed by atoms with E-state index in [-0.39, 0.29) is 23.2 Å². The van der Waals surface area contributed by atoms with Gasteiger partial charge >= 0.3 is 6.03 Å². The molecule has 0 fully saturated rings. The summed E-state index contributed by atoms with van der Waals surface area (Å²) in [5.41, 5.74) is 1.74. The molecule has 0 aliphatic carbocycles.